The monoisotopic (exact) mass is 238 g/mol. The van der Waals surface area contributed by atoms with Crippen LogP contribution < -0.4 is 5.56 Å². The second kappa shape index (κ2) is 4.58. The number of para-hydroxylation sites is 1. The zero-order valence-corrected chi connectivity index (χ0v) is 10.4. The summed E-state index contributed by atoms with van der Waals surface area (Å²) in [5, 5.41) is 0. The van der Waals surface area contributed by atoms with Crippen molar-refractivity contribution in [2.45, 2.75) is 13.8 Å². The molecule has 0 spiro atoms. The third-order valence-corrected chi connectivity index (χ3v) is 2.84. The summed E-state index contributed by atoms with van der Waals surface area (Å²) >= 11 is 0. The van der Waals surface area contributed by atoms with Gasteiger partial charge >= 0.3 is 0 Å². The summed E-state index contributed by atoms with van der Waals surface area (Å²) in [6, 6.07) is 9.66. The minimum atomic E-state index is 0. The van der Waals surface area contributed by atoms with Gasteiger partial charge in [0.25, 0.3) is 5.56 Å². The molecule has 0 radical (unpaired) electrons. The van der Waals surface area contributed by atoms with Crippen LogP contribution in [-0.4, -0.2) is 9.36 Å². The molecule has 3 nitrogen and oxygen atoms in total. The molecule has 16 heavy (non-hydrogen) atoms. The number of hydrogen-bond acceptors (Lipinski definition) is 1. The lowest BCUT2D eigenvalue weighted by Crippen LogP contribution is -2.20. The minimum absolute atomic E-state index is 0. The summed E-state index contributed by atoms with van der Waals surface area (Å²) in [6.45, 7) is 3.81. The van der Waals surface area contributed by atoms with Gasteiger partial charge in [-0.15, -0.1) is 12.4 Å². The first-order chi connectivity index (χ1) is 7.13. The topological polar surface area (TPSA) is 26.9 Å². The van der Waals surface area contributed by atoms with Gasteiger partial charge in [0.15, 0.2) is 0 Å². The molecule has 0 N–H and O–H groups in total. The van der Waals surface area contributed by atoms with Crippen molar-refractivity contribution in [3.8, 4) is 5.69 Å². The van der Waals surface area contributed by atoms with Crippen molar-refractivity contribution in [1.29, 1.82) is 0 Å². The van der Waals surface area contributed by atoms with E-state index in [0.29, 0.717) is 0 Å². The average Bonchev–Trinajstić information content (AvgIpc) is 2.45. The molecule has 0 saturated heterocycles. The third kappa shape index (κ3) is 1.78. The second-order valence-corrected chi connectivity index (χ2v) is 3.69. The Morgan fingerprint density at radius 2 is 1.62 bits per heavy atom. The zero-order chi connectivity index (χ0) is 11.0. The fraction of sp³-hybridized carbons (Fsp3) is 0.250. The number of halogens is 1. The largest absolute Gasteiger partial charge is 0.285 e. The maximum absolute atomic E-state index is 12.0. The van der Waals surface area contributed by atoms with Gasteiger partial charge in [-0.3, -0.25) is 9.48 Å². The third-order valence-electron chi connectivity index (χ3n) is 2.84. The van der Waals surface area contributed by atoms with E-state index in [1.807, 2.05) is 55.9 Å². The molecule has 0 aliphatic heterocycles. The first-order valence-electron chi connectivity index (χ1n) is 4.93. The molecule has 0 aliphatic carbocycles. The van der Waals surface area contributed by atoms with E-state index in [1.165, 1.54) is 0 Å². The fourth-order valence-electron chi connectivity index (χ4n) is 1.70. The highest BCUT2D eigenvalue weighted by atomic mass is 35.5. The van der Waals surface area contributed by atoms with Gasteiger partial charge in [-0.25, -0.2) is 4.68 Å². The lowest BCUT2D eigenvalue weighted by Gasteiger charge is -2.07. The van der Waals surface area contributed by atoms with Crippen LogP contribution in [0.25, 0.3) is 5.69 Å². The number of nitrogens with zero attached hydrogens (tertiary/aromatic N) is 2. The average molecular weight is 239 g/mol. The molecule has 0 aliphatic rings. The normalized spacial score (nSPS) is 9.94. The summed E-state index contributed by atoms with van der Waals surface area (Å²) in [5.74, 6) is 0. The van der Waals surface area contributed by atoms with Crippen molar-refractivity contribution < 1.29 is 0 Å². The van der Waals surface area contributed by atoms with E-state index in [9.17, 15) is 4.79 Å². The van der Waals surface area contributed by atoms with Crippen LogP contribution in [0.4, 0.5) is 0 Å². The summed E-state index contributed by atoms with van der Waals surface area (Å²) < 4.78 is 3.57. The summed E-state index contributed by atoms with van der Waals surface area (Å²) in [7, 11) is 1.90. The molecular formula is C12H15ClN2O. The van der Waals surface area contributed by atoms with Crippen molar-refractivity contribution in [1.82, 2.24) is 9.36 Å². The van der Waals surface area contributed by atoms with Crippen molar-refractivity contribution in [2.24, 2.45) is 7.05 Å². The molecule has 4 heteroatoms. The Kier molecular flexibility index (Phi) is 3.60. The predicted octanol–water partition coefficient (Wildman–Crippen LogP) is 2.21. The van der Waals surface area contributed by atoms with Gasteiger partial charge in [-0.1, -0.05) is 18.2 Å². The minimum Gasteiger partial charge on any atom is -0.285 e. The van der Waals surface area contributed by atoms with Gasteiger partial charge in [0.05, 0.1) is 5.69 Å². The lowest BCUT2D eigenvalue weighted by molar-refractivity contribution is 0.630. The molecule has 2 rings (SSSR count). The summed E-state index contributed by atoms with van der Waals surface area (Å²) in [4.78, 5) is 12.0. The quantitative estimate of drug-likeness (QED) is 0.749. The van der Waals surface area contributed by atoms with Crippen LogP contribution in [0, 0.1) is 13.8 Å². The van der Waals surface area contributed by atoms with Gasteiger partial charge < -0.3 is 0 Å². The highest BCUT2D eigenvalue weighted by Gasteiger charge is 2.11. The lowest BCUT2D eigenvalue weighted by atomic mass is 10.3. The van der Waals surface area contributed by atoms with Gasteiger partial charge in [-0.05, 0) is 26.0 Å². The van der Waals surface area contributed by atoms with Crippen molar-refractivity contribution in [3.63, 3.8) is 0 Å². The fourth-order valence-corrected chi connectivity index (χ4v) is 1.70. The molecule has 1 heterocycles. The number of aromatic nitrogens is 2. The standard InChI is InChI=1S/C12H14N2O.ClH/c1-9-10(2)13(3)14(12(9)15)11-7-5-4-6-8-11;/h4-8H,1-3H3;1H. The Bertz CT molecular complexity index is 540. The zero-order valence-electron chi connectivity index (χ0n) is 9.60. The second-order valence-electron chi connectivity index (χ2n) is 3.69. The number of hydrogen-bond donors (Lipinski definition) is 0. The van der Waals surface area contributed by atoms with E-state index in [4.69, 9.17) is 0 Å². The Labute approximate surface area is 101 Å². The van der Waals surface area contributed by atoms with Gasteiger partial charge in [0.2, 0.25) is 0 Å². The SMILES string of the molecule is Cc1c(C)n(C)n(-c2ccccc2)c1=O.Cl. The highest BCUT2D eigenvalue weighted by Crippen LogP contribution is 2.08. The van der Waals surface area contributed by atoms with E-state index in [0.717, 1.165) is 16.9 Å². The Balaban J connectivity index is 0.00000128. The van der Waals surface area contributed by atoms with Gasteiger partial charge in [-0.2, -0.15) is 0 Å². The van der Waals surface area contributed by atoms with Crippen molar-refractivity contribution >= 4 is 12.4 Å². The number of rotatable bonds is 1. The van der Waals surface area contributed by atoms with Crippen molar-refractivity contribution in [2.75, 3.05) is 0 Å². The first-order valence-corrected chi connectivity index (χ1v) is 4.93. The molecule has 1 aromatic heterocycles. The van der Waals surface area contributed by atoms with Crippen LogP contribution in [0.15, 0.2) is 35.1 Å². The predicted molar refractivity (Wildman–Crippen MR) is 67.7 cm³/mol. The molecule has 1 aromatic carbocycles. The van der Waals surface area contributed by atoms with Crippen LogP contribution in [-0.2, 0) is 7.05 Å². The Hall–Kier alpha value is -1.48. The Morgan fingerprint density at radius 3 is 2.06 bits per heavy atom. The van der Waals surface area contributed by atoms with Crippen molar-refractivity contribution in [3.05, 3.63) is 51.9 Å². The molecule has 0 unspecified atom stereocenters. The van der Waals surface area contributed by atoms with Crippen LogP contribution in [0.2, 0.25) is 0 Å². The summed E-state index contributed by atoms with van der Waals surface area (Å²) in [6.07, 6.45) is 0. The molecular weight excluding hydrogens is 224 g/mol. The van der Waals surface area contributed by atoms with E-state index >= 15 is 0 Å². The maximum atomic E-state index is 12.0. The number of benzene rings is 1. The van der Waals surface area contributed by atoms with E-state index in [-0.39, 0.29) is 18.0 Å². The van der Waals surface area contributed by atoms with E-state index < -0.39 is 0 Å². The smallest absolute Gasteiger partial charge is 0.274 e. The van der Waals surface area contributed by atoms with Crippen LogP contribution in [0.5, 0.6) is 0 Å². The van der Waals surface area contributed by atoms with E-state index in [2.05, 4.69) is 0 Å². The van der Waals surface area contributed by atoms with E-state index in [1.54, 1.807) is 4.68 Å². The van der Waals surface area contributed by atoms with Crippen LogP contribution >= 0.6 is 12.4 Å². The first kappa shape index (κ1) is 12.6. The molecule has 2 aromatic rings. The molecule has 0 fully saturated rings. The molecule has 86 valence electrons. The van der Waals surface area contributed by atoms with Crippen LogP contribution in [0.1, 0.15) is 11.3 Å². The Morgan fingerprint density at radius 1 is 1.06 bits per heavy atom. The molecule has 0 saturated carbocycles. The van der Waals surface area contributed by atoms with Gasteiger partial charge in [0.1, 0.15) is 0 Å². The summed E-state index contributed by atoms with van der Waals surface area (Å²) in [5.41, 5.74) is 2.77. The molecule has 0 bridgehead atoms. The van der Waals surface area contributed by atoms with Gasteiger partial charge in [0, 0.05) is 18.3 Å². The maximum Gasteiger partial charge on any atom is 0.274 e. The molecule has 0 amide bonds. The molecule has 0 atom stereocenters. The van der Waals surface area contributed by atoms with Crippen LogP contribution in [0.3, 0.4) is 0 Å². The highest BCUT2D eigenvalue weighted by molar-refractivity contribution is 5.85.